The van der Waals surface area contributed by atoms with Crippen LogP contribution in [-0.4, -0.2) is 46.5 Å². The molecule has 0 aromatic carbocycles. The molecule has 0 bridgehead atoms. The fourth-order valence-corrected chi connectivity index (χ4v) is 3.06. The summed E-state index contributed by atoms with van der Waals surface area (Å²) in [7, 11) is -1.17. The number of fused-ring (bicyclic) bond motifs is 1. The number of carboxylic acid groups (broad SMARTS) is 1. The summed E-state index contributed by atoms with van der Waals surface area (Å²) < 4.78 is 7.04. The summed E-state index contributed by atoms with van der Waals surface area (Å²) in [4.78, 5) is 23.8. The highest BCUT2D eigenvalue weighted by Crippen LogP contribution is 2.25. The molecule has 1 aliphatic heterocycles. The third-order valence-corrected chi connectivity index (χ3v) is 5.24. The molecule has 0 aliphatic carbocycles. The van der Waals surface area contributed by atoms with Crippen LogP contribution in [0.5, 0.6) is 0 Å². The second-order valence-corrected chi connectivity index (χ2v) is 12.2. The van der Waals surface area contributed by atoms with Crippen LogP contribution < -0.4 is 5.73 Å². The Balaban J connectivity index is 2.06. The van der Waals surface area contributed by atoms with E-state index in [0.717, 1.165) is 6.04 Å². The Bertz CT molecular complexity index is 594. The molecule has 0 unspecified atom stereocenters. The molecule has 0 atom stereocenters. The monoisotopic (exact) mass is 326 g/mol. The molecule has 2 rings (SSSR count). The smallest absolute Gasteiger partial charge is 0.407 e. The van der Waals surface area contributed by atoms with Crippen LogP contribution in [0.25, 0.3) is 0 Å². The third-order valence-electron chi connectivity index (χ3n) is 3.54. The highest BCUT2D eigenvalue weighted by Gasteiger charge is 2.32. The van der Waals surface area contributed by atoms with E-state index in [-0.39, 0.29) is 25.5 Å². The molecule has 1 aromatic rings. The average molecular weight is 326 g/mol. The summed E-state index contributed by atoms with van der Waals surface area (Å²) in [5.41, 5.74) is 6.82. The molecule has 0 fully saturated rings. The lowest BCUT2D eigenvalue weighted by Crippen LogP contribution is -2.27. The molecule has 122 valence electrons. The maximum Gasteiger partial charge on any atom is 0.407 e. The van der Waals surface area contributed by atoms with Gasteiger partial charge in [-0.05, 0) is 6.04 Å². The summed E-state index contributed by atoms with van der Waals surface area (Å²) in [6.45, 7) is 7.85. The summed E-state index contributed by atoms with van der Waals surface area (Å²) >= 11 is 0. The zero-order valence-corrected chi connectivity index (χ0v) is 14.1. The second kappa shape index (κ2) is 6.09. The van der Waals surface area contributed by atoms with Crippen molar-refractivity contribution in [3.05, 3.63) is 17.0 Å². The molecule has 1 aliphatic rings. The number of aromatic nitrogens is 2. The highest BCUT2D eigenvalue weighted by atomic mass is 28.3. The summed E-state index contributed by atoms with van der Waals surface area (Å²) in [5.74, 6) is -0.616. The van der Waals surface area contributed by atoms with Crippen molar-refractivity contribution in [2.24, 2.45) is 5.73 Å². The van der Waals surface area contributed by atoms with Gasteiger partial charge in [0.15, 0.2) is 0 Å². The summed E-state index contributed by atoms with van der Waals surface area (Å²) in [6.07, 6.45) is -1.04. The Hall–Kier alpha value is -1.87. The number of nitrogens with two attached hydrogens (primary N) is 1. The lowest BCUT2D eigenvalue weighted by atomic mass is 10.2. The van der Waals surface area contributed by atoms with Gasteiger partial charge in [-0.2, -0.15) is 5.10 Å². The van der Waals surface area contributed by atoms with Gasteiger partial charge in [-0.1, -0.05) is 19.6 Å². The van der Waals surface area contributed by atoms with Crippen molar-refractivity contribution >= 4 is 20.1 Å². The fraction of sp³-hybridized carbons (Fsp3) is 0.615. The van der Waals surface area contributed by atoms with Crippen LogP contribution in [-0.2, 0) is 24.6 Å². The SMILES string of the molecule is C[Si](C)(C)CCOCn1nc2c(c1C(N)=O)CN(C(=O)O)C2. The Labute approximate surface area is 129 Å². The normalized spacial score (nSPS) is 14.2. The van der Waals surface area contributed by atoms with E-state index < -0.39 is 20.1 Å². The number of hydrogen-bond acceptors (Lipinski definition) is 4. The summed E-state index contributed by atoms with van der Waals surface area (Å²) in [6, 6.07) is 1.02. The molecule has 2 heterocycles. The minimum Gasteiger partial charge on any atom is -0.465 e. The van der Waals surface area contributed by atoms with Crippen molar-refractivity contribution in [3.8, 4) is 0 Å². The quantitative estimate of drug-likeness (QED) is 0.604. The average Bonchev–Trinajstić information content (AvgIpc) is 2.89. The van der Waals surface area contributed by atoms with E-state index in [1.165, 1.54) is 9.58 Å². The number of amides is 2. The van der Waals surface area contributed by atoms with Gasteiger partial charge in [0.1, 0.15) is 12.4 Å². The van der Waals surface area contributed by atoms with Crippen LogP contribution >= 0.6 is 0 Å². The summed E-state index contributed by atoms with van der Waals surface area (Å²) in [5, 5.41) is 13.3. The van der Waals surface area contributed by atoms with Crippen molar-refractivity contribution in [2.75, 3.05) is 6.61 Å². The van der Waals surface area contributed by atoms with Gasteiger partial charge < -0.3 is 15.6 Å². The number of carbonyl (C=O) groups excluding carboxylic acids is 1. The van der Waals surface area contributed by atoms with Crippen molar-refractivity contribution in [1.82, 2.24) is 14.7 Å². The first-order chi connectivity index (χ1) is 10.2. The van der Waals surface area contributed by atoms with E-state index in [9.17, 15) is 9.59 Å². The topological polar surface area (TPSA) is 111 Å². The highest BCUT2D eigenvalue weighted by molar-refractivity contribution is 6.76. The first-order valence-electron chi connectivity index (χ1n) is 7.13. The Morgan fingerprint density at radius 2 is 2.05 bits per heavy atom. The second-order valence-electron chi connectivity index (χ2n) is 6.62. The molecule has 22 heavy (non-hydrogen) atoms. The first-order valence-corrected chi connectivity index (χ1v) is 10.8. The van der Waals surface area contributed by atoms with Gasteiger partial charge >= 0.3 is 6.09 Å². The predicted molar refractivity (Wildman–Crippen MR) is 82.1 cm³/mol. The van der Waals surface area contributed by atoms with Gasteiger partial charge in [0, 0.05) is 20.2 Å². The number of nitrogens with zero attached hydrogens (tertiary/aromatic N) is 3. The number of carbonyl (C=O) groups is 2. The van der Waals surface area contributed by atoms with E-state index in [1.807, 2.05) is 0 Å². The largest absolute Gasteiger partial charge is 0.465 e. The van der Waals surface area contributed by atoms with Gasteiger partial charge in [0.05, 0.1) is 18.8 Å². The van der Waals surface area contributed by atoms with Gasteiger partial charge in [0.2, 0.25) is 0 Å². The minimum absolute atomic E-state index is 0.137. The van der Waals surface area contributed by atoms with Crippen molar-refractivity contribution in [3.63, 3.8) is 0 Å². The zero-order valence-electron chi connectivity index (χ0n) is 13.1. The lowest BCUT2D eigenvalue weighted by Gasteiger charge is -2.16. The number of primary amides is 1. The maximum absolute atomic E-state index is 11.7. The van der Waals surface area contributed by atoms with Crippen molar-refractivity contribution in [1.29, 1.82) is 0 Å². The number of hydrogen-bond donors (Lipinski definition) is 2. The molecule has 1 aromatic heterocycles. The van der Waals surface area contributed by atoms with E-state index in [0.29, 0.717) is 17.9 Å². The Morgan fingerprint density at radius 3 is 2.59 bits per heavy atom. The van der Waals surface area contributed by atoms with Crippen LogP contribution in [0.2, 0.25) is 25.7 Å². The fourth-order valence-electron chi connectivity index (χ4n) is 2.30. The van der Waals surface area contributed by atoms with E-state index in [1.54, 1.807) is 0 Å². The van der Waals surface area contributed by atoms with E-state index in [4.69, 9.17) is 15.6 Å². The molecule has 3 N–H and O–H groups in total. The Kier molecular flexibility index (Phi) is 4.57. The molecule has 9 heteroatoms. The number of rotatable bonds is 6. The van der Waals surface area contributed by atoms with Gasteiger partial charge in [-0.25, -0.2) is 9.48 Å². The third kappa shape index (κ3) is 3.66. The molecule has 0 radical (unpaired) electrons. The zero-order chi connectivity index (χ0) is 16.5. The van der Waals surface area contributed by atoms with Crippen LogP contribution in [0, 0.1) is 0 Å². The molecule has 0 saturated heterocycles. The minimum atomic E-state index is -1.17. The Morgan fingerprint density at radius 1 is 1.36 bits per heavy atom. The first kappa shape index (κ1) is 16.5. The number of ether oxygens (including phenoxy) is 1. The van der Waals surface area contributed by atoms with Crippen LogP contribution in [0.4, 0.5) is 4.79 Å². The molecular weight excluding hydrogens is 304 g/mol. The van der Waals surface area contributed by atoms with Gasteiger partial charge in [0.25, 0.3) is 5.91 Å². The van der Waals surface area contributed by atoms with Crippen molar-refractivity contribution in [2.45, 2.75) is 45.5 Å². The molecule has 0 saturated carbocycles. The van der Waals surface area contributed by atoms with Gasteiger partial charge in [-0.15, -0.1) is 0 Å². The molecule has 2 amide bonds. The molecule has 8 nitrogen and oxygen atoms in total. The van der Waals surface area contributed by atoms with E-state index in [2.05, 4.69) is 24.7 Å². The van der Waals surface area contributed by atoms with Crippen molar-refractivity contribution < 1.29 is 19.4 Å². The predicted octanol–water partition coefficient (Wildman–Crippen LogP) is 1.29. The standard InChI is InChI=1S/C13H22N4O4Si/c1-22(2,3)5-4-21-8-17-11(12(14)18)9-6-16(13(19)20)7-10(9)15-17/h4-8H2,1-3H3,(H2,14,18)(H,19,20). The van der Waals surface area contributed by atoms with Crippen LogP contribution in [0.3, 0.4) is 0 Å². The maximum atomic E-state index is 11.7. The van der Waals surface area contributed by atoms with E-state index >= 15 is 0 Å². The van der Waals surface area contributed by atoms with Crippen LogP contribution in [0.1, 0.15) is 21.7 Å². The van der Waals surface area contributed by atoms with Gasteiger partial charge in [-0.3, -0.25) is 9.69 Å². The van der Waals surface area contributed by atoms with Crippen LogP contribution in [0.15, 0.2) is 0 Å². The molecular formula is C13H22N4O4Si. The lowest BCUT2D eigenvalue weighted by molar-refractivity contribution is 0.0721. The molecule has 0 spiro atoms.